The fraction of sp³-hybridized carbons (Fsp3) is 0.667. The number of benzene rings is 1. The number of nitrogens with one attached hydrogen (secondary N) is 2. The van der Waals surface area contributed by atoms with Gasteiger partial charge in [0.15, 0.2) is 0 Å². The summed E-state index contributed by atoms with van der Waals surface area (Å²) in [5.74, 6) is 2.27. The van der Waals surface area contributed by atoms with Crippen molar-refractivity contribution in [1.29, 1.82) is 0 Å². The SMILES string of the molecule is COc1cccc(NC(C)(C)C(=O)NC2[C@@H]3CC4C[C@H]2CC(O)(C4)C3)c1. The molecule has 26 heavy (non-hydrogen) atoms. The predicted molar refractivity (Wildman–Crippen MR) is 101 cm³/mol. The Balaban J connectivity index is 1.44. The van der Waals surface area contributed by atoms with Crippen LogP contribution in [0.15, 0.2) is 24.3 Å². The molecule has 4 bridgehead atoms. The fourth-order valence-electron chi connectivity index (χ4n) is 5.67. The van der Waals surface area contributed by atoms with E-state index in [0.29, 0.717) is 17.8 Å². The maximum absolute atomic E-state index is 13.0. The zero-order valence-electron chi connectivity index (χ0n) is 15.9. The molecule has 0 radical (unpaired) electrons. The number of rotatable bonds is 5. The van der Waals surface area contributed by atoms with Crippen molar-refractivity contribution in [2.75, 3.05) is 12.4 Å². The number of hydrogen-bond donors (Lipinski definition) is 3. The first-order chi connectivity index (χ1) is 12.3. The fourth-order valence-corrected chi connectivity index (χ4v) is 5.67. The number of ether oxygens (including phenoxy) is 1. The normalized spacial score (nSPS) is 35.2. The summed E-state index contributed by atoms with van der Waals surface area (Å²) < 4.78 is 5.26. The average Bonchev–Trinajstić information content (AvgIpc) is 2.56. The van der Waals surface area contributed by atoms with Crippen LogP contribution in [-0.2, 0) is 4.79 Å². The lowest BCUT2D eigenvalue weighted by Crippen LogP contribution is -2.63. The Morgan fingerprint density at radius 1 is 1.23 bits per heavy atom. The molecule has 0 saturated heterocycles. The Morgan fingerprint density at radius 2 is 1.92 bits per heavy atom. The number of carbonyl (C=O) groups excluding carboxylic acids is 1. The summed E-state index contributed by atoms with van der Waals surface area (Å²) in [6.45, 7) is 3.82. The van der Waals surface area contributed by atoms with Gasteiger partial charge in [0.05, 0.1) is 12.7 Å². The Labute approximate surface area is 155 Å². The van der Waals surface area contributed by atoms with Gasteiger partial charge in [-0.1, -0.05) is 6.07 Å². The summed E-state index contributed by atoms with van der Waals surface area (Å²) in [5.41, 5.74) is -0.326. The van der Waals surface area contributed by atoms with Crippen molar-refractivity contribution in [3.05, 3.63) is 24.3 Å². The number of hydrogen-bond acceptors (Lipinski definition) is 4. The summed E-state index contributed by atoms with van der Waals surface area (Å²) in [7, 11) is 1.64. The predicted octanol–water partition coefficient (Wildman–Crippen LogP) is 2.94. The van der Waals surface area contributed by atoms with Gasteiger partial charge in [-0.05, 0) is 75.8 Å². The van der Waals surface area contributed by atoms with Crippen LogP contribution in [0.2, 0.25) is 0 Å². The number of amides is 1. The highest BCUT2D eigenvalue weighted by Gasteiger charge is 2.55. The molecule has 3 N–H and O–H groups in total. The van der Waals surface area contributed by atoms with Gasteiger partial charge in [0.25, 0.3) is 0 Å². The van der Waals surface area contributed by atoms with Gasteiger partial charge in [-0.2, -0.15) is 0 Å². The minimum atomic E-state index is -0.724. The molecule has 0 aromatic heterocycles. The van der Waals surface area contributed by atoms with E-state index < -0.39 is 11.1 Å². The lowest BCUT2D eigenvalue weighted by Gasteiger charge is -2.58. The van der Waals surface area contributed by atoms with Gasteiger partial charge in [0.2, 0.25) is 5.91 Å². The Hall–Kier alpha value is -1.75. The van der Waals surface area contributed by atoms with Crippen LogP contribution in [-0.4, -0.2) is 35.3 Å². The standard InChI is InChI=1S/C21H30N2O3/c1-20(2,23-16-5-4-6-17(9-16)26-3)19(24)22-18-14-7-13-8-15(18)12-21(25,10-13)11-14/h4-6,9,13-15,18,23,25H,7-8,10-12H2,1-3H3,(H,22,24)/t13?,14-,15+,18?,21?. The molecule has 5 atom stereocenters. The molecule has 0 aliphatic heterocycles. The third kappa shape index (κ3) is 3.18. The van der Waals surface area contributed by atoms with Gasteiger partial charge in [-0.15, -0.1) is 0 Å². The van der Waals surface area contributed by atoms with Crippen LogP contribution in [0.1, 0.15) is 46.0 Å². The van der Waals surface area contributed by atoms with E-state index in [1.54, 1.807) is 7.11 Å². The molecule has 3 unspecified atom stereocenters. The molecule has 4 fully saturated rings. The van der Waals surface area contributed by atoms with E-state index in [4.69, 9.17) is 4.74 Å². The van der Waals surface area contributed by atoms with Gasteiger partial charge in [-0.25, -0.2) is 0 Å². The molecule has 1 aromatic rings. The van der Waals surface area contributed by atoms with Gasteiger partial charge in [0, 0.05) is 17.8 Å². The molecule has 4 aliphatic carbocycles. The molecule has 5 nitrogen and oxygen atoms in total. The van der Waals surface area contributed by atoms with E-state index in [2.05, 4.69) is 10.6 Å². The molecular weight excluding hydrogens is 328 g/mol. The second-order valence-corrected chi connectivity index (χ2v) is 9.18. The van der Waals surface area contributed by atoms with Gasteiger partial charge >= 0.3 is 0 Å². The monoisotopic (exact) mass is 358 g/mol. The summed E-state index contributed by atoms with van der Waals surface area (Å²) >= 11 is 0. The maximum Gasteiger partial charge on any atom is 0.245 e. The van der Waals surface area contributed by atoms with Crippen LogP contribution in [0.5, 0.6) is 5.75 Å². The van der Waals surface area contributed by atoms with Crippen LogP contribution in [0, 0.1) is 17.8 Å². The van der Waals surface area contributed by atoms with E-state index >= 15 is 0 Å². The highest BCUT2D eigenvalue weighted by atomic mass is 16.5. The zero-order valence-corrected chi connectivity index (χ0v) is 15.9. The van der Waals surface area contributed by atoms with Crippen LogP contribution in [0.3, 0.4) is 0 Å². The van der Waals surface area contributed by atoms with Gasteiger partial charge in [-0.3, -0.25) is 4.79 Å². The lowest BCUT2D eigenvalue weighted by atomic mass is 9.52. The summed E-state index contributed by atoms with van der Waals surface area (Å²) in [6.07, 6.45) is 4.94. The van der Waals surface area contributed by atoms with Crippen LogP contribution >= 0.6 is 0 Å². The smallest absolute Gasteiger partial charge is 0.245 e. The van der Waals surface area contributed by atoms with E-state index in [-0.39, 0.29) is 11.9 Å². The van der Waals surface area contributed by atoms with E-state index in [9.17, 15) is 9.90 Å². The number of methoxy groups -OCH3 is 1. The van der Waals surface area contributed by atoms with Crippen LogP contribution < -0.4 is 15.4 Å². The molecule has 1 amide bonds. The molecular formula is C21H30N2O3. The lowest BCUT2D eigenvalue weighted by molar-refractivity contribution is -0.148. The highest BCUT2D eigenvalue weighted by Crippen LogP contribution is 2.55. The molecule has 1 aromatic carbocycles. The summed E-state index contributed by atoms with van der Waals surface area (Å²) in [4.78, 5) is 13.0. The first kappa shape index (κ1) is 17.7. The van der Waals surface area contributed by atoms with Crippen molar-refractivity contribution in [3.63, 3.8) is 0 Å². The minimum absolute atomic E-state index is 0.0183. The molecule has 0 spiro atoms. The van der Waals surface area contributed by atoms with Crippen molar-refractivity contribution in [1.82, 2.24) is 5.32 Å². The first-order valence-corrected chi connectivity index (χ1v) is 9.74. The Morgan fingerprint density at radius 3 is 2.54 bits per heavy atom. The third-order valence-corrected chi connectivity index (χ3v) is 6.63. The third-order valence-electron chi connectivity index (χ3n) is 6.63. The second kappa shape index (κ2) is 6.15. The number of anilines is 1. The van der Waals surface area contributed by atoms with Crippen LogP contribution in [0.4, 0.5) is 5.69 Å². The number of carbonyl (C=O) groups is 1. The Bertz CT molecular complexity index is 686. The summed E-state index contributed by atoms with van der Waals surface area (Å²) in [6, 6.07) is 7.83. The van der Waals surface area contributed by atoms with Crippen LogP contribution in [0.25, 0.3) is 0 Å². The number of aliphatic hydroxyl groups is 1. The van der Waals surface area contributed by atoms with Crippen molar-refractivity contribution in [2.24, 2.45) is 17.8 Å². The van der Waals surface area contributed by atoms with E-state index in [1.807, 2.05) is 38.1 Å². The van der Waals surface area contributed by atoms with Gasteiger partial charge < -0.3 is 20.5 Å². The van der Waals surface area contributed by atoms with E-state index in [1.165, 1.54) is 0 Å². The molecule has 4 saturated carbocycles. The topological polar surface area (TPSA) is 70.6 Å². The largest absolute Gasteiger partial charge is 0.497 e. The zero-order chi connectivity index (χ0) is 18.5. The van der Waals surface area contributed by atoms with Gasteiger partial charge in [0.1, 0.15) is 11.3 Å². The molecule has 5 rings (SSSR count). The van der Waals surface area contributed by atoms with Crippen molar-refractivity contribution in [3.8, 4) is 5.75 Å². The minimum Gasteiger partial charge on any atom is -0.497 e. The molecule has 142 valence electrons. The van der Waals surface area contributed by atoms with Crippen molar-refractivity contribution < 1.29 is 14.6 Å². The maximum atomic E-state index is 13.0. The molecule has 4 aliphatic rings. The quantitative estimate of drug-likeness (QED) is 0.757. The summed E-state index contributed by atoms with van der Waals surface area (Å²) in [5, 5.41) is 17.4. The molecule has 5 heteroatoms. The Kier molecular flexibility index (Phi) is 4.18. The molecule has 0 heterocycles. The van der Waals surface area contributed by atoms with E-state index in [0.717, 1.165) is 43.5 Å². The first-order valence-electron chi connectivity index (χ1n) is 9.74. The highest BCUT2D eigenvalue weighted by molar-refractivity contribution is 5.88. The van der Waals surface area contributed by atoms with Crippen molar-refractivity contribution in [2.45, 2.75) is 63.1 Å². The average molecular weight is 358 g/mol. The second-order valence-electron chi connectivity index (χ2n) is 9.18. The van der Waals surface area contributed by atoms with Crippen molar-refractivity contribution >= 4 is 11.6 Å².